The predicted octanol–water partition coefficient (Wildman–Crippen LogP) is 4.30. The molecule has 0 saturated heterocycles. The lowest BCUT2D eigenvalue weighted by Crippen LogP contribution is -2.33. The Labute approximate surface area is 153 Å². The lowest BCUT2D eigenvalue weighted by atomic mass is 10.00. The molecule has 1 N–H and O–H groups in total. The maximum absolute atomic E-state index is 13.1. The van der Waals surface area contributed by atoms with Gasteiger partial charge in [-0.15, -0.1) is 0 Å². The van der Waals surface area contributed by atoms with E-state index in [0.717, 1.165) is 9.80 Å². The molecule has 3 nitrogen and oxygen atoms in total. The summed E-state index contributed by atoms with van der Waals surface area (Å²) in [6, 6.07) is 18.4. The highest BCUT2D eigenvalue weighted by molar-refractivity contribution is 8.03. The number of aliphatic hydroxyl groups excluding tert-OH is 1. The maximum Gasteiger partial charge on any atom is 0.185 e. The second kappa shape index (κ2) is 7.77. The molecule has 5 heteroatoms. The molecule has 25 heavy (non-hydrogen) atoms. The maximum atomic E-state index is 13.1. The van der Waals surface area contributed by atoms with E-state index < -0.39 is 21.2 Å². The molecule has 1 aliphatic carbocycles. The molecule has 2 aromatic carbocycles. The van der Waals surface area contributed by atoms with Crippen molar-refractivity contribution in [1.29, 1.82) is 0 Å². The van der Waals surface area contributed by atoms with Crippen molar-refractivity contribution >= 4 is 21.6 Å². The third-order valence-electron chi connectivity index (χ3n) is 4.58. The number of sulfone groups is 1. The minimum atomic E-state index is -3.54. The van der Waals surface area contributed by atoms with Crippen molar-refractivity contribution in [2.45, 2.75) is 40.9 Å². The number of aliphatic hydroxyl groups is 1. The molecule has 2 unspecified atom stereocenters. The van der Waals surface area contributed by atoms with Crippen molar-refractivity contribution in [3.05, 3.63) is 71.6 Å². The van der Waals surface area contributed by atoms with Gasteiger partial charge in [0.1, 0.15) is 0 Å². The summed E-state index contributed by atoms with van der Waals surface area (Å²) in [4.78, 5) is 2.38. The van der Waals surface area contributed by atoms with Crippen LogP contribution in [0.2, 0.25) is 0 Å². The van der Waals surface area contributed by atoms with Crippen molar-refractivity contribution in [3.8, 4) is 0 Å². The van der Waals surface area contributed by atoms with Gasteiger partial charge in [-0.2, -0.15) is 0 Å². The van der Waals surface area contributed by atoms with Crippen LogP contribution in [0.4, 0.5) is 0 Å². The van der Waals surface area contributed by atoms with Crippen molar-refractivity contribution in [2.24, 2.45) is 5.92 Å². The van der Waals surface area contributed by atoms with Gasteiger partial charge >= 0.3 is 0 Å². The zero-order valence-corrected chi connectivity index (χ0v) is 15.7. The first-order valence-corrected chi connectivity index (χ1v) is 10.8. The van der Waals surface area contributed by atoms with Gasteiger partial charge in [0.2, 0.25) is 0 Å². The molecule has 132 valence electrons. The first-order valence-electron chi connectivity index (χ1n) is 8.39. The molecule has 0 fully saturated rings. The molecular formula is C20H22O3S2. The summed E-state index contributed by atoms with van der Waals surface area (Å²) in [7, 11) is -3.54. The van der Waals surface area contributed by atoms with Crippen LogP contribution in [0.25, 0.3) is 0 Å². The van der Waals surface area contributed by atoms with Crippen LogP contribution in [0.15, 0.2) is 81.4 Å². The van der Waals surface area contributed by atoms with Crippen LogP contribution in [-0.4, -0.2) is 24.9 Å². The highest BCUT2D eigenvalue weighted by atomic mass is 32.2. The second-order valence-corrected chi connectivity index (χ2v) is 9.64. The zero-order chi connectivity index (χ0) is 17.9. The summed E-state index contributed by atoms with van der Waals surface area (Å²) >= 11 is 1.58. The van der Waals surface area contributed by atoms with Gasteiger partial charge in [-0.05, 0) is 42.0 Å². The summed E-state index contributed by atoms with van der Waals surface area (Å²) in [6.07, 6.45) is 2.48. The standard InChI is InChI=1S/C20H22O3S2/c1-15-19(21)13-12-17(24-16-8-4-2-5-9-16)14-20(15)25(22,23)18-10-6-3-7-11-18/h2-11,14-15,19-21H,12-13H2,1H3/t15?,19-,20?/m1/s1. The third kappa shape index (κ3) is 4.17. The monoisotopic (exact) mass is 374 g/mol. The van der Waals surface area contributed by atoms with Crippen LogP contribution < -0.4 is 0 Å². The first-order chi connectivity index (χ1) is 12.0. The normalized spacial score (nSPS) is 24.4. The summed E-state index contributed by atoms with van der Waals surface area (Å²) in [6.45, 7) is 1.82. The lowest BCUT2D eigenvalue weighted by Gasteiger charge is -2.23. The van der Waals surface area contributed by atoms with Gasteiger partial charge in [0.05, 0.1) is 16.2 Å². The van der Waals surface area contributed by atoms with E-state index in [-0.39, 0.29) is 5.92 Å². The average molecular weight is 375 g/mol. The molecule has 2 aromatic rings. The Morgan fingerprint density at radius 1 is 1.00 bits per heavy atom. The molecular weight excluding hydrogens is 352 g/mol. The lowest BCUT2D eigenvalue weighted by molar-refractivity contribution is 0.113. The minimum absolute atomic E-state index is 0.307. The summed E-state index contributed by atoms with van der Waals surface area (Å²) in [5.74, 6) is -0.348. The number of allylic oxidation sites excluding steroid dienone is 1. The number of hydrogen-bond acceptors (Lipinski definition) is 4. The Hall–Kier alpha value is -1.56. The Bertz CT molecular complexity index is 830. The smallest absolute Gasteiger partial charge is 0.185 e. The van der Waals surface area contributed by atoms with E-state index in [1.54, 1.807) is 42.1 Å². The van der Waals surface area contributed by atoms with Crippen LogP contribution in [0.3, 0.4) is 0 Å². The van der Waals surface area contributed by atoms with Crippen molar-refractivity contribution in [3.63, 3.8) is 0 Å². The van der Waals surface area contributed by atoms with E-state index in [0.29, 0.717) is 17.7 Å². The summed E-state index contributed by atoms with van der Waals surface area (Å²) in [5.41, 5.74) is 0. The van der Waals surface area contributed by atoms with Gasteiger partial charge in [-0.1, -0.05) is 61.2 Å². The SMILES string of the molecule is CC1C(S(=O)(=O)c2ccccc2)C=C(Sc2ccccc2)CC[C@H]1O. The Balaban J connectivity index is 1.97. The fourth-order valence-corrected chi connectivity index (χ4v) is 6.11. The predicted molar refractivity (Wildman–Crippen MR) is 102 cm³/mol. The van der Waals surface area contributed by atoms with E-state index in [1.165, 1.54) is 0 Å². The van der Waals surface area contributed by atoms with E-state index in [1.807, 2.05) is 43.3 Å². The van der Waals surface area contributed by atoms with E-state index in [2.05, 4.69) is 0 Å². The third-order valence-corrected chi connectivity index (χ3v) is 7.91. The molecule has 1 aliphatic rings. The fourth-order valence-electron chi connectivity index (χ4n) is 3.05. The fraction of sp³-hybridized carbons (Fsp3) is 0.300. The van der Waals surface area contributed by atoms with Crippen LogP contribution in [0.1, 0.15) is 19.8 Å². The molecule has 0 amide bonds. The van der Waals surface area contributed by atoms with E-state index in [9.17, 15) is 13.5 Å². The molecule has 0 saturated carbocycles. The molecule has 3 rings (SSSR count). The molecule has 0 aromatic heterocycles. The highest BCUT2D eigenvalue weighted by Gasteiger charge is 2.36. The summed E-state index contributed by atoms with van der Waals surface area (Å²) < 4.78 is 26.3. The van der Waals surface area contributed by atoms with Crippen LogP contribution >= 0.6 is 11.8 Å². The van der Waals surface area contributed by atoms with Gasteiger partial charge < -0.3 is 5.11 Å². The van der Waals surface area contributed by atoms with Crippen molar-refractivity contribution in [1.82, 2.24) is 0 Å². The number of thioether (sulfide) groups is 1. The largest absolute Gasteiger partial charge is 0.393 e. The minimum Gasteiger partial charge on any atom is -0.393 e. The van der Waals surface area contributed by atoms with Gasteiger partial charge in [-0.3, -0.25) is 0 Å². The van der Waals surface area contributed by atoms with E-state index >= 15 is 0 Å². The molecule has 0 aliphatic heterocycles. The average Bonchev–Trinajstić information content (AvgIpc) is 2.77. The molecule has 0 radical (unpaired) electrons. The second-order valence-electron chi connectivity index (χ2n) is 6.34. The van der Waals surface area contributed by atoms with Crippen LogP contribution in [0, 0.1) is 5.92 Å². The number of rotatable bonds is 4. The summed E-state index contributed by atoms with van der Waals surface area (Å²) in [5, 5.41) is 9.69. The van der Waals surface area contributed by atoms with Gasteiger partial charge in [0.15, 0.2) is 9.84 Å². The van der Waals surface area contributed by atoms with E-state index in [4.69, 9.17) is 0 Å². The van der Waals surface area contributed by atoms with Gasteiger partial charge in [0, 0.05) is 10.8 Å². The highest BCUT2D eigenvalue weighted by Crippen LogP contribution is 2.37. The number of benzene rings is 2. The topological polar surface area (TPSA) is 54.4 Å². The Kier molecular flexibility index (Phi) is 5.67. The molecule has 3 atom stereocenters. The molecule has 0 heterocycles. The van der Waals surface area contributed by atoms with Crippen molar-refractivity contribution < 1.29 is 13.5 Å². The van der Waals surface area contributed by atoms with Crippen molar-refractivity contribution in [2.75, 3.05) is 0 Å². The van der Waals surface area contributed by atoms with Crippen LogP contribution in [0.5, 0.6) is 0 Å². The Morgan fingerprint density at radius 2 is 1.60 bits per heavy atom. The zero-order valence-electron chi connectivity index (χ0n) is 14.1. The Morgan fingerprint density at radius 3 is 2.24 bits per heavy atom. The molecule has 0 spiro atoms. The van der Waals surface area contributed by atoms with Gasteiger partial charge in [0.25, 0.3) is 0 Å². The van der Waals surface area contributed by atoms with Gasteiger partial charge in [-0.25, -0.2) is 8.42 Å². The number of hydrogen-bond donors (Lipinski definition) is 1. The van der Waals surface area contributed by atoms with Crippen LogP contribution in [-0.2, 0) is 9.84 Å². The molecule has 0 bridgehead atoms. The quantitative estimate of drug-likeness (QED) is 0.867. The first kappa shape index (κ1) is 18.2.